The van der Waals surface area contributed by atoms with Crippen LogP contribution >= 0.6 is 0 Å². The molecule has 0 N–H and O–H groups in total. The topological polar surface area (TPSA) is 9.23 Å². The standard InChI is InChI=1S/C23H24F6O/c1-30-14-15-2-4-16(5-3-15)17-6-8-18(9-7-17)19-10-12-20(13-11-19)22(25,26)21(24)23(27,28)29/h6-13,15-16,21H,2-5,14H2,1H3. The summed E-state index contributed by atoms with van der Waals surface area (Å²) < 4.78 is 83.1. The van der Waals surface area contributed by atoms with Gasteiger partial charge in [-0.1, -0.05) is 48.5 Å². The second-order valence-corrected chi connectivity index (χ2v) is 7.90. The molecule has 1 atom stereocenters. The molecule has 30 heavy (non-hydrogen) atoms. The molecule has 1 nitrogen and oxygen atoms in total. The van der Waals surface area contributed by atoms with Crippen LogP contribution in [0, 0.1) is 5.92 Å². The molecule has 1 aliphatic carbocycles. The summed E-state index contributed by atoms with van der Waals surface area (Å²) >= 11 is 0. The summed E-state index contributed by atoms with van der Waals surface area (Å²) in [6.45, 7) is 0.785. The number of benzene rings is 2. The van der Waals surface area contributed by atoms with E-state index in [0.717, 1.165) is 50.0 Å². The Kier molecular flexibility index (Phi) is 6.80. The van der Waals surface area contributed by atoms with Crippen molar-refractivity contribution in [2.24, 2.45) is 5.92 Å². The van der Waals surface area contributed by atoms with Crippen LogP contribution in [0.5, 0.6) is 0 Å². The molecule has 0 bridgehead atoms. The molecule has 2 aromatic carbocycles. The van der Waals surface area contributed by atoms with Gasteiger partial charge in [-0.15, -0.1) is 0 Å². The van der Waals surface area contributed by atoms with Gasteiger partial charge in [-0.05, 0) is 54.2 Å². The minimum atomic E-state index is -5.62. The highest BCUT2D eigenvalue weighted by Crippen LogP contribution is 2.42. The molecule has 1 saturated carbocycles. The predicted molar refractivity (Wildman–Crippen MR) is 103 cm³/mol. The molecule has 0 amide bonds. The second kappa shape index (κ2) is 9.00. The summed E-state index contributed by atoms with van der Waals surface area (Å²) in [5.41, 5.74) is 1.55. The first-order chi connectivity index (χ1) is 14.1. The minimum Gasteiger partial charge on any atom is -0.384 e. The van der Waals surface area contributed by atoms with Crippen LogP contribution in [0.2, 0.25) is 0 Å². The highest BCUT2D eigenvalue weighted by atomic mass is 19.4. The smallest absolute Gasteiger partial charge is 0.384 e. The maximum absolute atomic E-state index is 13.8. The van der Waals surface area contributed by atoms with Crippen molar-refractivity contribution >= 4 is 0 Å². The SMILES string of the molecule is COCC1CCC(c2ccc(-c3ccc(C(F)(F)C(F)C(F)(F)F)cc3)cc2)CC1. The number of hydrogen-bond donors (Lipinski definition) is 0. The van der Waals surface area contributed by atoms with Crippen molar-refractivity contribution < 1.29 is 31.1 Å². The van der Waals surface area contributed by atoms with Crippen LogP contribution in [0.3, 0.4) is 0 Å². The molecule has 7 heteroatoms. The zero-order valence-corrected chi connectivity index (χ0v) is 16.6. The fourth-order valence-electron chi connectivity index (χ4n) is 4.08. The fourth-order valence-corrected chi connectivity index (χ4v) is 4.08. The van der Waals surface area contributed by atoms with E-state index in [4.69, 9.17) is 4.74 Å². The van der Waals surface area contributed by atoms with Gasteiger partial charge in [-0.3, -0.25) is 0 Å². The van der Waals surface area contributed by atoms with Crippen LogP contribution in [0.1, 0.15) is 42.7 Å². The van der Waals surface area contributed by atoms with E-state index in [1.807, 2.05) is 24.3 Å². The average molecular weight is 430 g/mol. The molecule has 0 spiro atoms. The van der Waals surface area contributed by atoms with Crippen molar-refractivity contribution in [1.29, 1.82) is 0 Å². The van der Waals surface area contributed by atoms with Crippen molar-refractivity contribution in [1.82, 2.24) is 0 Å². The first-order valence-corrected chi connectivity index (χ1v) is 9.91. The van der Waals surface area contributed by atoms with Crippen LogP contribution in [0.4, 0.5) is 26.3 Å². The lowest BCUT2D eigenvalue weighted by Crippen LogP contribution is -2.39. The maximum Gasteiger partial charge on any atom is 0.426 e. The molecule has 1 unspecified atom stereocenters. The van der Waals surface area contributed by atoms with Crippen LogP contribution in [0.25, 0.3) is 11.1 Å². The van der Waals surface area contributed by atoms with Crippen LogP contribution in [-0.4, -0.2) is 26.1 Å². The molecule has 0 radical (unpaired) electrons. The van der Waals surface area contributed by atoms with Gasteiger partial charge in [0.2, 0.25) is 0 Å². The Balaban J connectivity index is 1.69. The Morgan fingerprint density at radius 3 is 1.80 bits per heavy atom. The van der Waals surface area contributed by atoms with E-state index >= 15 is 0 Å². The molecule has 0 aliphatic heterocycles. The summed E-state index contributed by atoms with van der Waals surface area (Å²) in [7, 11) is 1.71. The van der Waals surface area contributed by atoms with E-state index in [-0.39, 0.29) is 0 Å². The van der Waals surface area contributed by atoms with E-state index in [1.165, 1.54) is 17.7 Å². The first-order valence-electron chi connectivity index (χ1n) is 9.91. The molecule has 1 aliphatic rings. The number of halogens is 6. The lowest BCUT2D eigenvalue weighted by molar-refractivity contribution is -0.248. The highest BCUT2D eigenvalue weighted by Gasteiger charge is 2.57. The van der Waals surface area contributed by atoms with Crippen LogP contribution in [0.15, 0.2) is 48.5 Å². The van der Waals surface area contributed by atoms with Gasteiger partial charge < -0.3 is 4.74 Å². The summed E-state index contributed by atoms with van der Waals surface area (Å²) in [6.07, 6.45) is -5.47. The maximum atomic E-state index is 13.8. The summed E-state index contributed by atoms with van der Waals surface area (Å²) in [6, 6.07) is 12.0. The molecule has 1 fully saturated rings. The Labute approximate surface area is 172 Å². The van der Waals surface area contributed by atoms with Crippen molar-refractivity contribution in [2.75, 3.05) is 13.7 Å². The van der Waals surface area contributed by atoms with Gasteiger partial charge in [0.15, 0.2) is 0 Å². The Bertz CT molecular complexity index is 805. The molecule has 0 heterocycles. The molecule has 0 saturated heterocycles. The number of alkyl halides is 6. The van der Waals surface area contributed by atoms with Gasteiger partial charge in [-0.2, -0.15) is 22.0 Å². The zero-order chi connectivity index (χ0) is 21.9. The predicted octanol–water partition coefficient (Wildman–Crippen LogP) is 7.27. The third-order valence-corrected chi connectivity index (χ3v) is 5.84. The van der Waals surface area contributed by atoms with Gasteiger partial charge in [0.25, 0.3) is 6.17 Å². The van der Waals surface area contributed by atoms with Crippen molar-refractivity contribution in [2.45, 2.75) is 49.9 Å². The zero-order valence-electron chi connectivity index (χ0n) is 16.6. The number of methoxy groups -OCH3 is 1. The third-order valence-electron chi connectivity index (χ3n) is 5.84. The van der Waals surface area contributed by atoms with Crippen molar-refractivity contribution in [3.63, 3.8) is 0 Å². The second-order valence-electron chi connectivity index (χ2n) is 7.90. The summed E-state index contributed by atoms with van der Waals surface area (Å²) in [5, 5.41) is 0. The van der Waals surface area contributed by atoms with Gasteiger partial charge in [-0.25, -0.2) is 4.39 Å². The quantitative estimate of drug-likeness (QED) is 0.438. The summed E-state index contributed by atoms with van der Waals surface area (Å²) in [4.78, 5) is 0. The van der Waals surface area contributed by atoms with E-state index in [0.29, 0.717) is 17.4 Å². The van der Waals surface area contributed by atoms with E-state index < -0.39 is 23.8 Å². The largest absolute Gasteiger partial charge is 0.426 e. The monoisotopic (exact) mass is 430 g/mol. The number of rotatable bonds is 6. The molecule has 0 aromatic heterocycles. The molecular formula is C23H24F6O. The average Bonchev–Trinajstić information content (AvgIpc) is 2.73. The molecule has 3 rings (SSSR count). The minimum absolute atomic E-state index is 0.470. The molecule has 164 valence electrons. The summed E-state index contributed by atoms with van der Waals surface area (Å²) in [5.74, 6) is -3.57. The normalized spacial score (nSPS) is 21.4. The van der Waals surface area contributed by atoms with Gasteiger partial charge in [0, 0.05) is 19.3 Å². The molecular weight excluding hydrogens is 406 g/mol. The van der Waals surface area contributed by atoms with Gasteiger partial charge in [0.05, 0.1) is 0 Å². The van der Waals surface area contributed by atoms with Crippen molar-refractivity contribution in [3.05, 3.63) is 59.7 Å². The van der Waals surface area contributed by atoms with Crippen LogP contribution < -0.4 is 0 Å². The molecule has 2 aromatic rings. The number of ether oxygens (including phenoxy) is 1. The number of hydrogen-bond acceptors (Lipinski definition) is 1. The fraction of sp³-hybridized carbons (Fsp3) is 0.478. The lowest BCUT2D eigenvalue weighted by atomic mass is 9.79. The van der Waals surface area contributed by atoms with Gasteiger partial charge in [0.1, 0.15) is 0 Å². The van der Waals surface area contributed by atoms with E-state index in [2.05, 4.69) is 0 Å². The van der Waals surface area contributed by atoms with E-state index in [9.17, 15) is 26.3 Å². The lowest BCUT2D eigenvalue weighted by Gasteiger charge is -2.28. The third kappa shape index (κ3) is 4.99. The van der Waals surface area contributed by atoms with Crippen LogP contribution in [-0.2, 0) is 10.7 Å². The van der Waals surface area contributed by atoms with Crippen molar-refractivity contribution in [3.8, 4) is 11.1 Å². The Hall–Kier alpha value is -2.02. The Morgan fingerprint density at radius 1 is 0.833 bits per heavy atom. The highest BCUT2D eigenvalue weighted by molar-refractivity contribution is 5.64. The van der Waals surface area contributed by atoms with Gasteiger partial charge >= 0.3 is 12.1 Å². The Morgan fingerprint density at radius 2 is 1.33 bits per heavy atom. The van der Waals surface area contributed by atoms with E-state index in [1.54, 1.807) is 7.11 Å². The first kappa shape index (κ1) is 22.7.